The fourth-order valence-electron chi connectivity index (χ4n) is 16.3. The Hall–Kier alpha value is -10.8. The minimum Gasteiger partial charge on any atom is -0.373 e. The van der Waals surface area contributed by atoms with Crippen molar-refractivity contribution >= 4 is 173 Å². The first-order valence-electron chi connectivity index (χ1n) is 43.3. The standard InChI is InChI=1S/C26H29ClN6OS.C25H27ClN6S.C23H26N6S.C22H23ClN6S/c1-15-13-33(14-16(2)34-15)7-6-18-8-22(17(3)28-11-18)31-26-29-12-19-9-24(35)30-23-10-20(27)4-5-21(23)25(19)32-26;1-15-21(10-16(13-28-15)8-9-27-19-4-2-3-5-19)31-25-29-14-17-11-23(33)30-22-12-18(26)6-7-20(22)24(17)32-25;1-15-6-7-19-20(9-15)27-21(30)11-17-13-25-23(28-22(17)19)26-18-10-16(12-24-14-18)5-4-8-29(2)3;1-29(2)8-4-5-14-9-17-19(11-18(14)23)27-20(30)10-15-12-25-22(28-21(15)17)26-16-6-3-7-24-13-16/h4-5,8,10-12,15-16H,6-7,9,13-14H2,1-3H3,(H,30,35)(H,29,31,32);6-7,10,12-14,19,27H,2-5,8-9,11H2,1H3,(H,30,33)(H,29,31,32);6-7,9-10,12-14H,4-5,8,11H2,1-3H3,(H,27,30)(H,25,26,28);3,6-7,9,11-13H,4-5,8,10H2,1-2H3,(H,27,30)(H,25,26,28)/t15-,16+;;;. The van der Waals surface area contributed by atoms with Crippen LogP contribution in [0.25, 0.3) is 45.0 Å². The van der Waals surface area contributed by atoms with E-state index >= 15 is 0 Å². The SMILES string of the molecule is CN(C)CCCc1cc2c(cc1Cl)NC(=S)Cc1cnc(Nc3cccnc3)nc1-2.Cc1ccc2c(c1)NC(=S)Cc1cnc(Nc3cncc(CCCN(C)C)c3)nc1-2.Cc1ncc(CCN2C[C@@H](C)O[C@@H](C)C2)cc1Nc1ncc2c(n1)-c1ccc(Cl)cc1NC(=S)C2.Cc1ncc(CCNC2CCCC2)cc1Nc1ncc2c(n1)-c1ccc(Cl)cc1NC(=S)C2. The van der Waals surface area contributed by atoms with Gasteiger partial charge in [-0.2, -0.15) is 0 Å². The number of nitrogens with zero attached hydrogens (tertiary/aromatic N) is 15. The number of halogens is 3. The van der Waals surface area contributed by atoms with Gasteiger partial charge in [-0.05, 0) is 247 Å². The van der Waals surface area contributed by atoms with Gasteiger partial charge < -0.3 is 62.4 Å². The van der Waals surface area contributed by atoms with Crippen LogP contribution in [0.2, 0.25) is 15.1 Å². The van der Waals surface area contributed by atoms with Gasteiger partial charge in [0, 0.05) is 183 Å². The molecule has 0 unspecified atom stereocenters. The molecule has 32 heteroatoms. The van der Waals surface area contributed by atoms with Crippen LogP contribution in [0.4, 0.5) is 69.3 Å². The quantitative estimate of drug-likeness (QED) is 0.0269. The highest BCUT2D eigenvalue weighted by Gasteiger charge is 2.28. The van der Waals surface area contributed by atoms with Crippen molar-refractivity contribution in [1.82, 2.24) is 79.8 Å². The Morgan fingerprint density at radius 2 is 0.906 bits per heavy atom. The van der Waals surface area contributed by atoms with Crippen LogP contribution in [0, 0.1) is 20.8 Å². The highest BCUT2D eigenvalue weighted by Crippen LogP contribution is 2.42. The maximum Gasteiger partial charge on any atom is 0.227 e. The van der Waals surface area contributed by atoms with Gasteiger partial charge >= 0.3 is 0 Å². The molecule has 5 aliphatic heterocycles. The minimum absolute atomic E-state index is 0.267. The summed E-state index contributed by atoms with van der Waals surface area (Å²) in [7, 11) is 8.34. The lowest BCUT2D eigenvalue weighted by molar-refractivity contribution is -0.0675. The van der Waals surface area contributed by atoms with Crippen LogP contribution in [-0.2, 0) is 56.1 Å². The first-order valence-corrected chi connectivity index (χ1v) is 46.0. The van der Waals surface area contributed by atoms with Gasteiger partial charge in [-0.15, -0.1) is 0 Å². The van der Waals surface area contributed by atoms with E-state index < -0.39 is 0 Å². The van der Waals surface area contributed by atoms with Gasteiger partial charge in [-0.3, -0.25) is 24.8 Å². The van der Waals surface area contributed by atoms with Gasteiger partial charge in [0.25, 0.3) is 0 Å². The molecule has 1 saturated heterocycles. The molecule has 8 aromatic heterocycles. The molecular weight excluding hydrogens is 1740 g/mol. The van der Waals surface area contributed by atoms with Crippen LogP contribution in [0.5, 0.6) is 0 Å². The summed E-state index contributed by atoms with van der Waals surface area (Å²) in [5.41, 5.74) is 26.2. The Morgan fingerprint density at radius 3 is 1.41 bits per heavy atom. The number of aryl methyl sites for hydroxylation is 5. The summed E-state index contributed by atoms with van der Waals surface area (Å²) < 4.78 is 5.86. The highest BCUT2D eigenvalue weighted by molar-refractivity contribution is 7.81. The third-order valence-electron chi connectivity index (χ3n) is 22.6. The maximum absolute atomic E-state index is 6.59. The van der Waals surface area contributed by atoms with Gasteiger partial charge in [-0.1, -0.05) is 109 Å². The zero-order valence-corrected chi connectivity index (χ0v) is 78.8. The summed E-state index contributed by atoms with van der Waals surface area (Å²) in [6.45, 7) is 16.2. The summed E-state index contributed by atoms with van der Waals surface area (Å²) in [5, 5.41) is 32.3. The van der Waals surface area contributed by atoms with Crippen LogP contribution < -0.4 is 47.9 Å². The first kappa shape index (κ1) is 92.0. The molecule has 0 bridgehead atoms. The summed E-state index contributed by atoms with van der Waals surface area (Å²) in [4.78, 5) is 65.0. The zero-order chi connectivity index (χ0) is 89.5. The number of aromatic nitrogens is 12. The van der Waals surface area contributed by atoms with Gasteiger partial charge in [0.2, 0.25) is 23.8 Å². The molecule has 9 N–H and O–H groups in total. The lowest BCUT2D eigenvalue weighted by Crippen LogP contribution is -2.46. The smallest absolute Gasteiger partial charge is 0.227 e. The predicted molar refractivity (Wildman–Crippen MR) is 537 cm³/mol. The lowest BCUT2D eigenvalue weighted by atomic mass is 10.00. The molecule has 4 aromatic carbocycles. The second-order valence-electron chi connectivity index (χ2n) is 33.6. The number of nitrogens with one attached hydrogen (secondary N) is 9. The van der Waals surface area contributed by atoms with Crippen molar-refractivity contribution in [2.75, 3.05) is 110 Å². The molecular formula is C96H105Cl3N24OS4. The second-order valence-corrected chi connectivity index (χ2v) is 36.9. The first-order chi connectivity index (χ1) is 61.8. The van der Waals surface area contributed by atoms with Crippen molar-refractivity contribution in [3.8, 4) is 45.0 Å². The Morgan fingerprint density at radius 1 is 0.453 bits per heavy atom. The molecule has 12 aromatic rings. The molecule has 0 amide bonds. The molecule has 2 fully saturated rings. The third kappa shape index (κ3) is 24.8. The lowest BCUT2D eigenvalue weighted by Gasteiger charge is -2.35. The van der Waals surface area contributed by atoms with E-state index in [1.165, 1.54) is 47.9 Å². The fraction of sp³-hybridized carbons (Fsp3) is 0.333. The van der Waals surface area contributed by atoms with E-state index in [0.717, 1.165) is 228 Å². The van der Waals surface area contributed by atoms with E-state index in [4.69, 9.17) is 108 Å². The van der Waals surface area contributed by atoms with Crippen molar-refractivity contribution in [3.63, 3.8) is 0 Å². The molecule has 6 aliphatic rings. The molecule has 1 saturated carbocycles. The van der Waals surface area contributed by atoms with E-state index in [1.807, 2.05) is 112 Å². The highest BCUT2D eigenvalue weighted by atomic mass is 35.5. The van der Waals surface area contributed by atoms with E-state index in [0.29, 0.717) is 70.6 Å². The monoisotopic (exact) mass is 1840 g/mol. The molecule has 2 atom stereocenters. The Balaban J connectivity index is 0.000000132. The fourth-order valence-corrected chi connectivity index (χ4v) is 18.0. The Bertz CT molecular complexity index is 6050. The van der Waals surface area contributed by atoms with Crippen LogP contribution >= 0.6 is 83.7 Å². The minimum atomic E-state index is 0.267. The van der Waals surface area contributed by atoms with Crippen LogP contribution in [0.3, 0.4) is 0 Å². The zero-order valence-electron chi connectivity index (χ0n) is 73.3. The van der Waals surface area contributed by atoms with Crippen molar-refractivity contribution in [2.24, 2.45) is 0 Å². The number of benzene rings is 4. The number of hydrogen-bond donors (Lipinski definition) is 9. The van der Waals surface area contributed by atoms with Crippen LogP contribution in [0.1, 0.15) is 114 Å². The summed E-state index contributed by atoms with van der Waals surface area (Å²) in [6, 6.07) is 32.7. The van der Waals surface area contributed by atoms with Crippen LogP contribution in [-0.4, -0.2) is 180 Å². The van der Waals surface area contributed by atoms with Gasteiger partial charge in [-0.25, -0.2) is 39.9 Å². The average molecular weight is 1850 g/mol. The molecule has 660 valence electrons. The molecule has 0 spiro atoms. The topological polar surface area (TPSA) is 282 Å². The molecule has 1 aliphatic carbocycles. The molecule has 0 radical (unpaired) electrons. The normalized spacial score (nSPS) is 15.4. The summed E-state index contributed by atoms with van der Waals surface area (Å²) in [6.07, 6.45) is 32.6. The van der Waals surface area contributed by atoms with E-state index in [9.17, 15) is 0 Å². The van der Waals surface area contributed by atoms with Gasteiger partial charge in [0.05, 0.1) is 101 Å². The van der Waals surface area contributed by atoms with Crippen molar-refractivity contribution < 1.29 is 4.74 Å². The number of anilines is 12. The summed E-state index contributed by atoms with van der Waals surface area (Å²) in [5.74, 6) is 2.13. The van der Waals surface area contributed by atoms with Gasteiger partial charge in [0.1, 0.15) is 0 Å². The second kappa shape index (κ2) is 43.1. The third-order valence-corrected chi connectivity index (χ3v) is 24.4. The largest absolute Gasteiger partial charge is 0.373 e. The average Bonchev–Trinajstić information content (AvgIpc) is 1.54. The Labute approximate surface area is 785 Å². The molecule has 18 rings (SSSR count). The number of fused-ring (bicyclic) bond motifs is 12. The number of morpholine rings is 1. The maximum atomic E-state index is 6.59. The predicted octanol–water partition coefficient (Wildman–Crippen LogP) is 19.9. The Kier molecular flexibility index (Phi) is 31.0. The summed E-state index contributed by atoms with van der Waals surface area (Å²) >= 11 is 41.0. The van der Waals surface area contributed by atoms with Crippen molar-refractivity contribution in [3.05, 3.63) is 236 Å². The molecule has 13 heterocycles. The van der Waals surface area contributed by atoms with E-state index in [2.05, 4.69) is 194 Å². The van der Waals surface area contributed by atoms with Crippen LogP contribution in [0.15, 0.2) is 159 Å². The number of thiocarbonyl (C=S) groups is 4. The number of rotatable bonds is 23. The van der Waals surface area contributed by atoms with Gasteiger partial charge in [0.15, 0.2) is 0 Å². The van der Waals surface area contributed by atoms with E-state index in [1.54, 1.807) is 18.6 Å². The van der Waals surface area contributed by atoms with Crippen molar-refractivity contribution in [1.29, 1.82) is 0 Å². The number of hydrogen-bond acceptors (Lipinski definition) is 25. The number of pyridine rings is 4. The molecule has 128 heavy (non-hydrogen) atoms. The molecule has 25 nitrogen and oxygen atoms in total. The van der Waals surface area contributed by atoms with E-state index in [-0.39, 0.29) is 12.2 Å². The van der Waals surface area contributed by atoms with Crippen molar-refractivity contribution in [2.45, 2.75) is 143 Å². The number of ether oxygens (including phenoxy) is 1.